The Labute approximate surface area is 169 Å². The van der Waals surface area contributed by atoms with Crippen LogP contribution in [0.15, 0.2) is 42.5 Å². The molecule has 0 aliphatic rings. The number of halogens is 3. The Morgan fingerprint density at radius 1 is 1.17 bits per heavy atom. The lowest BCUT2D eigenvalue weighted by Gasteiger charge is -2.19. The second kappa shape index (κ2) is 9.25. The van der Waals surface area contributed by atoms with Gasteiger partial charge in [-0.3, -0.25) is 19.7 Å². The van der Waals surface area contributed by atoms with Crippen molar-refractivity contribution in [1.29, 1.82) is 0 Å². The molecule has 0 unspecified atom stereocenters. The Bertz CT molecular complexity index is 945. The van der Waals surface area contributed by atoms with Gasteiger partial charge in [-0.1, -0.05) is 12.1 Å². The summed E-state index contributed by atoms with van der Waals surface area (Å²) in [6, 6.07) is 9.34. The van der Waals surface area contributed by atoms with Crippen molar-refractivity contribution in [3.8, 4) is 5.75 Å². The van der Waals surface area contributed by atoms with Gasteiger partial charge in [-0.25, -0.2) is 0 Å². The highest BCUT2D eigenvalue weighted by atomic mass is 19.4. The standard InChI is InChI=1S/C19H18F3N3O5/c1-24(18(27)15-9-14(25(28)29)7-8-16(15)30-2)10-12-3-5-13(6-4-12)17(26)23-11-19(20,21)22/h3-9H,10-11H2,1-2H3,(H,23,26). The first kappa shape index (κ1) is 22.7. The zero-order valence-corrected chi connectivity index (χ0v) is 16.0. The highest BCUT2D eigenvalue weighted by Gasteiger charge is 2.28. The van der Waals surface area contributed by atoms with Crippen molar-refractivity contribution in [3.05, 3.63) is 69.3 Å². The lowest BCUT2D eigenvalue weighted by Crippen LogP contribution is -2.33. The van der Waals surface area contributed by atoms with E-state index >= 15 is 0 Å². The monoisotopic (exact) mass is 425 g/mol. The van der Waals surface area contributed by atoms with Crippen LogP contribution in [0.25, 0.3) is 0 Å². The highest BCUT2D eigenvalue weighted by Crippen LogP contribution is 2.25. The van der Waals surface area contributed by atoms with Crippen molar-refractivity contribution in [2.24, 2.45) is 0 Å². The van der Waals surface area contributed by atoms with Crippen molar-refractivity contribution in [2.45, 2.75) is 12.7 Å². The maximum absolute atomic E-state index is 12.7. The van der Waals surface area contributed by atoms with E-state index in [0.717, 1.165) is 6.07 Å². The van der Waals surface area contributed by atoms with Crippen LogP contribution in [0.3, 0.4) is 0 Å². The quantitative estimate of drug-likeness (QED) is 0.542. The molecule has 0 spiro atoms. The fraction of sp³-hybridized carbons (Fsp3) is 0.263. The molecule has 0 saturated carbocycles. The number of carbonyl (C=O) groups excluding carboxylic acids is 2. The molecule has 8 nitrogen and oxygen atoms in total. The van der Waals surface area contributed by atoms with Crippen molar-refractivity contribution in [2.75, 3.05) is 20.7 Å². The number of hydrogen-bond acceptors (Lipinski definition) is 5. The van der Waals surface area contributed by atoms with Gasteiger partial charge in [0.1, 0.15) is 12.3 Å². The third-order valence-electron chi connectivity index (χ3n) is 4.06. The first-order chi connectivity index (χ1) is 14.0. The van der Waals surface area contributed by atoms with E-state index in [-0.39, 0.29) is 29.1 Å². The van der Waals surface area contributed by atoms with Gasteiger partial charge in [-0.05, 0) is 23.8 Å². The lowest BCUT2D eigenvalue weighted by atomic mass is 10.1. The average molecular weight is 425 g/mol. The van der Waals surface area contributed by atoms with Crippen LogP contribution in [-0.4, -0.2) is 48.5 Å². The molecule has 0 atom stereocenters. The van der Waals surface area contributed by atoms with Crippen molar-refractivity contribution < 1.29 is 32.4 Å². The molecule has 0 heterocycles. The third-order valence-corrected chi connectivity index (χ3v) is 4.06. The highest BCUT2D eigenvalue weighted by molar-refractivity contribution is 5.97. The SMILES string of the molecule is COc1ccc([N+](=O)[O-])cc1C(=O)N(C)Cc1ccc(C(=O)NCC(F)(F)F)cc1. The van der Waals surface area contributed by atoms with Gasteiger partial charge in [0.05, 0.1) is 17.6 Å². The maximum atomic E-state index is 12.7. The van der Waals surface area contributed by atoms with Crippen LogP contribution in [0.1, 0.15) is 26.3 Å². The molecule has 0 aliphatic heterocycles. The summed E-state index contributed by atoms with van der Waals surface area (Å²) in [6.07, 6.45) is -4.51. The summed E-state index contributed by atoms with van der Waals surface area (Å²) in [5, 5.41) is 12.7. The topological polar surface area (TPSA) is 102 Å². The minimum absolute atomic E-state index is 0.0114. The molecule has 2 amide bonds. The summed E-state index contributed by atoms with van der Waals surface area (Å²) < 4.78 is 41.6. The average Bonchev–Trinajstić information content (AvgIpc) is 2.70. The molecule has 0 aliphatic carbocycles. The molecule has 0 aromatic heterocycles. The molecule has 0 radical (unpaired) electrons. The number of methoxy groups -OCH3 is 1. The minimum Gasteiger partial charge on any atom is -0.496 e. The van der Waals surface area contributed by atoms with Crippen LogP contribution in [0, 0.1) is 10.1 Å². The fourth-order valence-corrected chi connectivity index (χ4v) is 2.57. The minimum atomic E-state index is -4.51. The summed E-state index contributed by atoms with van der Waals surface area (Å²) in [4.78, 5) is 36.1. The number of nitrogens with one attached hydrogen (secondary N) is 1. The summed E-state index contributed by atoms with van der Waals surface area (Å²) in [5.41, 5.74) is 0.388. The lowest BCUT2D eigenvalue weighted by molar-refractivity contribution is -0.384. The van der Waals surface area contributed by atoms with E-state index in [2.05, 4.69) is 0 Å². The second-order valence-electron chi connectivity index (χ2n) is 6.30. The number of nitrogens with zero attached hydrogens (tertiary/aromatic N) is 2. The summed E-state index contributed by atoms with van der Waals surface area (Å²) in [5.74, 6) is -1.22. The predicted octanol–water partition coefficient (Wildman–Crippen LogP) is 3.17. The van der Waals surface area contributed by atoms with Gasteiger partial charge in [0.25, 0.3) is 17.5 Å². The van der Waals surface area contributed by atoms with Crippen molar-refractivity contribution in [3.63, 3.8) is 0 Å². The van der Waals surface area contributed by atoms with Crippen molar-refractivity contribution >= 4 is 17.5 Å². The summed E-state index contributed by atoms with van der Waals surface area (Å²) in [6.45, 7) is -1.34. The zero-order valence-electron chi connectivity index (χ0n) is 16.0. The van der Waals surface area contributed by atoms with Crippen LogP contribution in [-0.2, 0) is 6.54 Å². The molecule has 0 saturated heterocycles. The normalized spacial score (nSPS) is 11.0. The number of nitro groups is 1. The van der Waals surface area contributed by atoms with Gasteiger partial charge in [0, 0.05) is 31.3 Å². The molecule has 11 heteroatoms. The van der Waals surface area contributed by atoms with Gasteiger partial charge in [0.2, 0.25) is 0 Å². The maximum Gasteiger partial charge on any atom is 0.405 e. The Morgan fingerprint density at radius 2 is 1.80 bits per heavy atom. The Kier molecular flexibility index (Phi) is 6.98. The first-order valence-electron chi connectivity index (χ1n) is 8.53. The van der Waals surface area contributed by atoms with Crippen LogP contribution in [0.2, 0.25) is 0 Å². The van der Waals surface area contributed by atoms with E-state index in [0.29, 0.717) is 5.56 Å². The van der Waals surface area contributed by atoms with Gasteiger partial charge < -0.3 is 15.0 Å². The van der Waals surface area contributed by atoms with Crippen LogP contribution >= 0.6 is 0 Å². The largest absolute Gasteiger partial charge is 0.496 e. The van der Waals surface area contributed by atoms with E-state index in [4.69, 9.17) is 4.74 Å². The zero-order chi connectivity index (χ0) is 22.5. The molecular formula is C19H18F3N3O5. The molecule has 2 aromatic rings. The molecule has 160 valence electrons. The number of hydrogen-bond donors (Lipinski definition) is 1. The predicted molar refractivity (Wildman–Crippen MR) is 100 cm³/mol. The van der Waals surface area contributed by atoms with Gasteiger partial charge in [-0.15, -0.1) is 0 Å². The molecule has 2 rings (SSSR count). The molecule has 0 bridgehead atoms. The number of nitro benzene ring substituents is 1. The summed E-state index contributed by atoms with van der Waals surface area (Å²) >= 11 is 0. The first-order valence-corrected chi connectivity index (χ1v) is 8.53. The van der Waals surface area contributed by atoms with E-state index in [1.54, 1.807) is 5.32 Å². The number of alkyl halides is 3. The number of benzene rings is 2. The van der Waals surface area contributed by atoms with E-state index in [9.17, 15) is 32.9 Å². The second-order valence-corrected chi connectivity index (χ2v) is 6.30. The van der Waals surface area contributed by atoms with Gasteiger partial charge in [-0.2, -0.15) is 13.2 Å². The van der Waals surface area contributed by atoms with Crippen molar-refractivity contribution in [1.82, 2.24) is 10.2 Å². The number of non-ortho nitro benzene ring substituents is 1. The number of ether oxygens (including phenoxy) is 1. The van der Waals surface area contributed by atoms with Gasteiger partial charge >= 0.3 is 6.18 Å². The molecule has 2 aromatic carbocycles. The van der Waals surface area contributed by atoms with Crippen LogP contribution in [0.5, 0.6) is 5.75 Å². The number of rotatable bonds is 7. The third kappa shape index (κ3) is 5.93. The summed E-state index contributed by atoms with van der Waals surface area (Å²) in [7, 11) is 2.81. The molecular weight excluding hydrogens is 407 g/mol. The Hall–Kier alpha value is -3.63. The fourth-order valence-electron chi connectivity index (χ4n) is 2.57. The van der Waals surface area contributed by atoms with Crippen LogP contribution < -0.4 is 10.1 Å². The van der Waals surface area contributed by atoms with E-state index in [1.165, 1.54) is 55.5 Å². The van der Waals surface area contributed by atoms with E-state index < -0.39 is 29.5 Å². The molecule has 0 fully saturated rings. The van der Waals surface area contributed by atoms with Gasteiger partial charge in [0.15, 0.2) is 0 Å². The number of amides is 2. The van der Waals surface area contributed by atoms with Crippen LogP contribution in [0.4, 0.5) is 18.9 Å². The Morgan fingerprint density at radius 3 is 2.33 bits per heavy atom. The molecule has 30 heavy (non-hydrogen) atoms. The Balaban J connectivity index is 2.10. The van der Waals surface area contributed by atoms with E-state index in [1.807, 2.05) is 0 Å². The number of carbonyl (C=O) groups is 2. The smallest absolute Gasteiger partial charge is 0.405 e. The molecule has 1 N–H and O–H groups in total.